The van der Waals surface area contributed by atoms with E-state index in [4.69, 9.17) is 9.47 Å². The fraction of sp³-hybridized carbons (Fsp3) is 0.167. The summed E-state index contributed by atoms with van der Waals surface area (Å²) >= 11 is 0. The van der Waals surface area contributed by atoms with E-state index < -0.39 is 4.92 Å². The van der Waals surface area contributed by atoms with Crippen LogP contribution in [0.3, 0.4) is 0 Å². The molecule has 2 aromatic carbocycles. The van der Waals surface area contributed by atoms with E-state index in [2.05, 4.69) is 5.32 Å². The van der Waals surface area contributed by atoms with Gasteiger partial charge in [0, 0.05) is 24.8 Å². The molecule has 0 aliphatic carbocycles. The van der Waals surface area contributed by atoms with Gasteiger partial charge in [-0.25, -0.2) is 0 Å². The molecule has 25 heavy (non-hydrogen) atoms. The van der Waals surface area contributed by atoms with Crippen molar-refractivity contribution in [2.24, 2.45) is 0 Å². The first kappa shape index (κ1) is 18.0. The number of nitro benzene ring substituents is 1. The van der Waals surface area contributed by atoms with E-state index in [0.29, 0.717) is 11.5 Å². The number of hydrogen-bond donors (Lipinski definition) is 1. The highest BCUT2D eigenvalue weighted by Crippen LogP contribution is 2.27. The lowest BCUT2D eigenvalue weighted by Crippen LogP contribution is -2.20. The van der Waals surface area contributed by atoms with Crippen molar-refractivity contribution in [3.63, 3.8) is 0 Å². The van der Waals surface area contributed by atoms with Crippen LogP contribution in [0.15, 0.2) is 48.5 Å². The topological polar surface area (TPSA) is 90.7 Å². The molecule has 0 unspecified atom stereocenters. The molecule has 0 saturated carbocycles. The number of methoxy groups -OCH3 is 2. The molecule has 7 nitrogen and oxygen atoms in total. The average molecular weight is 342 g/mol. The van der Waals surface area contributed by atoms with Gasteiger partial charge in [-0.05, 0) is 29.3 Å². The first-order valence-corrected chi connectivity index (χ1v) is 7.44. The van der Waals surface area contributed by atoms with Crippen molar-refractivity contribution < 1.29 is 19.2 Å². The van der Waals surface area contributed by atoms with Crippen molar-refractivity contribution in [3.05, 3.63) is 69.8 Å². The van der Waals surface area contributed by atoms with Crippen LogP contribution in [0, 0.1) is 10.1 Å². The number of nitro groups is 1. The standard InChI is InChI=1S/C18H18N2O5/c1-24-16-9-5-13(11-17(16)25-2)6-10-18(21)19-12-14-3-7-15(8-4-14)20(22)23/h3-11H,12H2,1-2H3,(H,19,21)/b10-6+. The second-order valence-electron chi connectivity index (χ2n) is 5.09. The van der Waals surface area contributed by atoms with Crippen molar-refractivity contribution in [2.75, 3.05) is 14.2 Å². The van der Waals surface area contributed by atoms with Gasteiger partial charge in [-0.2, -0.15) is 0 Å². The summed E-state index contributed by atoms with van der Waals surface area (Å²) in [7, 11) is 3.10. The van der Waals surface area contributed by atoms with E-state index in [9.17, 15) is 14.9 Å². The van der Waals surface area contributed by atoms with Gasteiger partial charge in [-0.15, -0.1) is 0 Å². The summed E-state index contributed by atoms with van der Waals surface area (Å²) in [5.41, 5.74) is 1.59. The van der Waals surface area contributed by atoms with Crippen molar-refractivity contribution >= 4 is 17.7 Å². The molecule has 0 heterocycles. The molecule has 0 aromatic heterocycles. The highest BCUT2D eigenvalue weighted by molar-refractivity contribution is 5.91. The van der Waals surface area contributed by atoms with Gasteiger partial charge in [0.25, 0.3) is 5.69 Å². The zero-order valence-electron chi connectivity index (χ0n) is 13.9. The predicted molar refractivity (Wildman–Crippen MR) is 93.5 cm³/mol. The minimum atomic E-state index is -0.464. The average Bonchev–Trinajstić information content (AvgIpc) is 2.64. The molecule has 0 radical (unpaired) electrons. The summed E-state index contributed by atoms with van der Waals surface area (Å²) in [6.07, 6.45) is 3.07. The number of non-ortho nitro benzene ring substituents is 1. The fourth-order valence-electron chi connectivity index (χ4n) is 2.11. The fourth-order valence-corrected chi connectivity index (χ4v) is 2.11. The van der Waals surface area contributed by atoms with Crippen LogP contribution >= 0.6 is 0 Å². The number of nitrogens with zero attached hydrogens (tertiary/aromatic N) is 1. The second kappa shape index (κ2) is 8.49. The number of nitrogens with one attached hydrogen (secondary N) is 1. The summed E-state index contributed by atoms with van der Waals surface area (Å²) in [5.74, 6) is 0.923. The molecule has 0 saturated heterocycles. The molecule has 0 aliphatic heterocycles. The Morgan fingerprint density at radius 2 is 1.80 bits per heavy atom. The third-order valence-corrected chi connectivity index (χ3v) is 3.45. The minimum Gasteiger partial charge on any atom is -0.493 e. The highest BCUT2D eigenvalue weighted by Gasteiger charge is 2.05. The number of benzene rings is 2. The zero-order valence-corrected chi connectivity index (χ0v) is 13.9. The van der Waals surface area contributed by atoms with Crippen molar-refractivity contribution in [2.45, 2.75) is 6.54 Å². The smallest absolute Gasteiger partial charge is 0.269 e. The lowest BCUT2D eigenvalue weighted by atomic mass is 10.2. The Kier molecular flexibility index (Phi) is 6.11. The molecular weight excluding hydrogens is 324 g/mol. The minimum absolute atomic E-state index is 0.0171. The number of rotatable bonds is 7. The first-order chi connectivity index (χ1) is 12.0. The van der Waals surface area contributed by atoms with E-state index in [-0.39, 0.29) is 18.1 Å². The molecule has 0 atom stereocenters. The van der Waals surface area contributed by atoms with E-state index in [0.717, 1.165) is 11.1 Å². The van der Waals surface area contributed by atoms with Crippen LogP contribution in [0.25, 0.3) is 6.08 Å². The molecule has 1 N–H and O–H groups in total. The van der Waals surface area contributed by atoms with Crippen molar-refractivity contribution in [3.8, 4) is 11.5 Å². The van der Waals surface area contributed by atoms with Crippen LogP contribution in [-0.2, 0) is 11.3 Å². The molecule has 130 valence electrons. The van der Waals surface area contributed by atoms with Gasteiger partial charge >= 0.3 is 0 Å². The summed E-state index contributed by atoms with van der Waals surface area (Å²) in [4.78, 5) is 22.0. The Morgan fingerprint density at radius 3 is 2.40 bits per heavy atom. The lowest BCUT2D eigenvalue weighted by molar-refractivity contribution is -0.384. The van der Waals surface area contributed by atoms with Crippen LogP contribution in [-0.4, -0.2) is 25.1 Å². The van der Waals surface area contributed by atoms with Crippen LogP contribution in [0.5, 0.6) is 11.5 Å². The molecule has 0 aliphatic rings. The molecule has 7 heteroatoms. The maximum absolute atomic E-state index is 11.9. The largest absolute Gasteiger partial charge is 0.493 e. The van der Waals surface area contributed by atoms with Gasteiger partial charge in [0.1, 0.15) is 0 Å². The Bertz CT molecular complexity index is 785. The van der Waals surface area contributed by atoms with Crippen molar-refractivity contribution in [1.29, 1.82) is 0 Å². The molecule has 0 spiro atoms. The number of hydrogen-bond acceptors (Lipinski definition) is 5. The highest BCUT2D eigenvalue weighted by atomic mass is 16.6. The Labute approximate surface area is 145 Å². The first-order valence-electron chi connectivity index (χ1n) is 7.44. The van der Waals surface area contributed by atoms with Crippen LogP contribution in [0.2, 0.25) is 0 Å². The lowest BCUT2D eigenvalue weighted by Gasteiger charge is -2.07. The van der Waals surface area contributed by atoms with E-state index >= 15 is 0 Å². The molecule has 0 bridgehead atoms. The maximum atomic E-state index is 11.9. The van der Waals surface area contributed by atoms with Gasteiger partial charge in [0.05, 0.1) is 19.1 Å². The third kappa shape index (κ3) is 5.07. The molecule has 0 fully saturated rings. The van der Waals surface area contributed by atoms with Gasteiger partial charge < -0.3 is 14.8 Å². The van der Waals surface area contributed by atoms with E-state index in [1.165, 1.54) is 18.2 Å². The Balaban J connectivity index is 1.93. The number of ether oxygens (including phenoxy) is 2. The van der Waals surface area contributed by atoms with Crippen molar-refractivity contribution in [1.82, 2.24) is 5.32 Å². The van der Waals surface area contributed by atoms with Gasteiger partial charge in [-0.3, -0.25) is 14.9 Å². The number of amides is 1. The monoisotopic (exact) mass is 342 g/mol. The molecule has 2 aromatic rings. The Morgan fingerprint density at radius 1 is 1.12 bits per heavy atom. The van der Waals surface area contributed by atoms with Gasteiger partial charge in [0.2, 0.25) is 5.91 Å². The quantitative estimate of drug-likeness (QED) is 0.474. The van der Waals surface area contributed by atoms with Gasteiger partial charge in [0.15, 0.2) is 11.5 Å². The molecular formula is C18H18N2O5. The van der Waals surface area contributed by atoms with Crippen LogP contribution in [0.1, 0.15) is 11.1 Å². The molecule has 2 rings (SSSR count). The van der Waals surface area contributed by atoms with E-state index in [1.807, 2.05) is 6.07 Å². The summed E-state index contributed by atoms with van der Waals surface area (Å²) in [6.45, 7) is 0.285. The third-order valence-electron chi connectivity index (χ3n) is 3.45. The number of carbonyl (C=O) groups excluding carboxylic acids is 1. The predicted octanol–water partition coefficient (Wildman–Crippen LogP) is 2.94. The van der Waals surface area contributed by atoms with Crippen LogP contribution < -0.4 is 14.8 Å². The molecule has 1 amide bonds. The second-order valence-corrected chi connectivity index (χ2v) is 5.09. The summed E-state index contributed by atoms with van der Waals surface area (Å²) in [6, 6.07) is 11.3. The Hall–Kier alpha value is -3.35. The van der Waals surface area contributed by atoms with Crippen LogP contribution in [0.4, 0.5) is 5.69 Å². The normalized spacial score (nSPS) is 10.5. The maximum Gasteiger partial charge on any atom is 0.269 e. The van der Waals surface area contributed by atoms with E-state index in [1.54, 1.807) is 44.6 Å². The number of carbonyl (C=O) groups is 1. The SMILES string of the molecule is COc1ccc(/C=C/C(=O)NCc2ccc([N+](=O)[O-])cc2)cc1OC. The summed E-state index contributed by atoms with van der Waals surface area (Å²) in [5, 5.41) is 13.3. The van der Waals surface area contributed by atoms with Gasteiger partial charge in [-0.1, -0.05) is 18.2 Å². The summed E-state index contributed by atoms with van der Waals surface area (Å²) < 4.78 is 10.4. The zero-order chi connectivity index (χ0) is 18.2.